The van der Waals surface area contributed by atoms with Gasteiger partial charge in [-0.3, -0.25) is 14.4 Å². The number of benzene rings is 2. The zero-order valence-corrected chi connectivity index (χ0v) is 26.2. The number of likely N-dealkylation sites (tertiary alicyclic amines) is 1. The third-order valence-electron chi connectivity index (χ3n) is 8.29. The number of hydrogen-bond acceptors (Lipinski definition) is 5. The van der Waals surface area contributed by atoms with Crippen LogP contribution in [0.2, 0.25) is 0 Å². The SMILES string of the molecule is CC(C)C[C@@H](NC(=O)c1ccccc1OCc1ccc(C(C)(C)C)cc1)C(=O)N1CCC[C@@H]1C(=O)N1CCN(C)CC1. The molecule has 0 aliphatic carbocycles. The number of rotatable bonds is 9. The van der Waals surface area contributed by atoms with Crippen molar-refractivity contribution in [1.82, 2.24) is 20.0 Å². The Morgan fingerprint density at radius 3 is 2.26 bits per heavy atom. The predicted octanol–water partition coefficient (Wildman–Crippen LogP) is 4.47. The van der Waals surface area contributed by atoms with E-state index in [0.717, 1.165) is 25.1 Å². The zero-order valence-electron chi connectivity index (χ0n) is 26.2. The molecule has 2 aromatic rings. The quantitative estimate of drug-likeness (QED) is 0.476. The van der Waals surface area contributed by atoms with Crippen molar-refractivity contribution in [2.75, 3.05) is 39.8 Å². The fourth-order valence-corrected chi connectivity index (χ4v) is 5.70. The van der Waals surface area contributed by atoms with Gasteiger partial charge >= 0.3 is 0 Å². The minimum Gasteiger partial charge on any atom is -0.488 e. The van der Waals surface area contributed by atoms with Crippen molar-refractivity contribution in [3.63, 3.8) is 0 Å². The van der Waals surface area contributed by atoms with Gasteiger partial charge < -0.3 is 24.8 Å². The molecule has 4 rings (SSSR count). The largest absolute Gasteiger partial charge is 0.488 e. The number of nitrogens with one attached hydrogen (secondary N) is 1. The Bertz CT molecular complexity index is 1230. The van der Waals surface area contributed by atoms with Crippen LogP contribution >= 0.6 is 0 Å². The van der Waals surface area contributed by atoms with E-state index < -0.39 is 12.1 Å². The standard InChI is InChI=1S/C34H48N4O4/c1-24(2)22-28(32(40)38-17-9-11-29(38)33(41)37-20-18-36(6)19-21-37)35-31(39)27-10-7-8-12-30(27)42-23-25-13-15-26(16-14-25)34(3,4)5/h7-8,10,12-16,24,28-29H,9,11,17-23H2,1-6H3,(H,35,39)/t28-,29-/m1/s1. The Morgan fingerprint density at radius 2 is 1.62 bits per heavy atom. The van der Waals surface area contributed by atoms with Gasteiger partial charge in [0.1, 0.15) is 24.4 Å². The highest BCUT2D eigenvalue weighted by Gasteiger charge is 2.40. The molecule has 228 valence electrons. The molecule has 2 heterocycles. The zero-order chi connectivity index (χ0) is 30.4. The molecule has 2 aromatic carbocycles. The first kappa shape index (κ1) is 31.5. The molecular formula is C34H48N4O4. The van der Waals surface area contributed by atoms with Crippen LogP contribution in [0.25, 0.3) is 0 Å². The van der Waals surface area contributed by atoms with E-state index in [2.05, 4.69) is 62.3 Å². The molecule has 2 aliphatic rings. The Kier molecular flexibility index (Phi) is 10.3. The van der Waals surface area contributed by atoms with Gasteiger partial charge in [-0.25, -0.2) is 0 Å². The molecule has 0 radical (unpaired) electrons. The summed E-state index contributed by atoms with van der Waals surface area (Å²) in [6.45, 7) is 14.5. The van der Waals surface area contributed by atoms with Gasteiger partial charge in [0.2, 0.25) is 11.8 Å². The van der Waals surface area contributed by atoms with Crippen LogP contribution in [0.3, 0.4) is 0 Å². The smallest absolute Gasteiger partial charge is 0.255 e. The molecule has 0 bridgehead atoms. The molecule has 42 heavy (non-hydrogen) atoms. The number of likely N-dealkylation sites (N-methyl/N-ethyl adjacent to an activating group) is 1. The third kappa shape index (κ3) is 7.91. The first-order valence-electron chi connectivity index (χ1n) is 15.3. The highest BCUT2D eigenvalue weighted by atomic mass is 16.5. The van der Waals surface area contributed by atoms with Gasteiger partial charge in [-0.05, 0) is 60.9 Å². The summed E-state index contributed by atoms with van der Waals surface area (Å²) < 4.78 is 6.11. The molecule has 2 aliphatic heterocycles. The number of piperazine rings is 1. The lowest BCUT2D eigenvalue weighted by Gasteiger charge is -2.36. The van der Waals surface area contributed by atoms with Crippen LogP contribution in [0.5, 0.6) is 5.75 Å². The van der Waals surface area contributed by atoms with Crippen molar-refractivity contribution in [2.45, 2.75) is 78.0 Å². The van der Waals surface area contributed by atoms with Crippen LogP contribution in [0.15, 0.2) is 48.5 Å². The lowest BCUT2D eigenvalue weighted by Crippen LogP contribution is -2.56. The molecular weight excluding hydrogens is 528 g/mol. The molecule has 2 atom stereocenters. The average Bonchev–Trinajstić information content (AvgIpc) is 3.45. The number of ether oxygens (including phenoxy) is 1. The lowest BCUT2D eigenvalue weighted by molar-refractivity contribution is -0.145. The maximum atomic E-state index is 13.9. The second kappa shape index (κ2) is 13.7. The van der Waals surface area contributed by atoms with Gasteiger partial charge in [-0.15, -0.1) is 0 Å². The summed E-state index contributed by atoms with van der Waals surface area (Å²) in [7, 11) is 2.06. The summed E-state index contributed by atoms with van der Waals surface area (Å²) in [4.78, 5) is 46.7. The molecule has 8 nitrogen and oxygen atoms in total. The summed E-state index contributed by atoms with van der Waals surface area (Å²) in [5, 5.41) is 3.01. The molecule has 0 aromatic heterocycles. The number of para-hydroxylation sites is 1. The number of amides is 3. The van der Waals surface area contributed by atoms with Gasteiger partial charge in [-0.1, -0.05) is 71.0 Å². The van der Waals surface area contributed by atoms with Gasteiger partial charge in [0.25, 0.3) is 5.91 Å². The molecule has 0 unspecified atom stereocenters. The predicted molar refractivity (Wildman–Crippen MR) is 165 cm³/mol. The van der Waals surface area contributed by atoms with Crippen LogP contribution < -0.4 is 10.1 Å². The fraction of sp³-hybridized carbons (Fsp3) is 0.559. The minimum atomic E-state index is -0.726. The van der Waals surface area contributed by atoms with E-state index in [0.29, 0.717) is 50.4 Å². The highest BCUT2D eigenvalue weighted by Crippen LogP contribution is 2.25. The molecule has 0 spiro atoms. The van der Waals surface area contributed by atoms with Crippen molar-refractivity contribution >= 4 is 17.7 Å². The normalized spacial score (nSPS) is 18.7. The number of nitrogens with zero attached hydrogens (tertiary/aromatic N) is 3. The van der Waals surface area contributed by atoms with E-state index >= 15 is 0 Å². The second-order valence-electron chi connectivity index (χ2n) is 13.2. The highest BCUT2D eigenvalue weighted by molar-refractivity contribution is 6.00. The second-order valence-corrected chi connectivity index (χ2v) is 13.2. The molecule has 2 fully saturated rings. The van der Waals surface area contributed by atoms with Crippen molar-refractivity contribution in [1.29, 1.82) is 0 Å². The molecule has 3 amide bonds. The van der Waals surface area contributed by atoms with Crippen LogP contribution in [0, 0.1) is 5.92 Å². The fourth-order valence-electron chi connectivity index (χ4n) is 5.70. The molecule has 2 saturated heterocycles. The molecule has 1 N–H and O–H groups in total. The van der Waals surface area contributed by atoms with Gasteiger partial charge in [0, 0.05) is 32.7 Å². The average molecular weight is 577 g/mol. The van der Waals surface area contributed by atoms with Crippen molar-refractivity contribution in [2.24, 2.45) is 5.92 Å². The van der Waals surface area contributed by atoms with Crippen molar-refractivity contribution < 1.29 is 19.1 Å². The Morgan fingerprint density at radius 1 is 0.952 bits per heavy atom. The van der Waals surface area contributed by atoms with E-state index in [4.69, 9.17) is 4.74 Å². The van der Waals surface area contributed by atoms with Crippen LogP contribution in [0.4, 0.5) is 0 Å². The summed E-state index contributed by atoms with van der Waals surface area (Å²) in [6.07, 6.45) is 1.93. The summed E-state index contributed by atoms with van der Waals surface area (Å²) in [5.74, 6) is 0.136. The Labute approximate surface area is 251 Å². The van der Waals surface area contributed by atoms with Crippen LogP contribution in [-0.2, 0) is 21.6 Å². The third-order valence-corrected chi connectivity index (χ3v) is 8.29. The van der Waals surface area contributed by atoms with E-state index in [9.17, 15) is 14.4 Å². The number of carbonyl (C=O) groups excluding carboxylic acids is 3. The lowest BCUT2D eigenvalue weighted by atomic mass is 9.87. The van der Waals surface area contributed by atoms with Crippen molar-refractivity contribution in [3.8, 4) is 5.75 Å². The molecule has 0 saturated carbocycles. The maximum Gasteiger partial charge on any atom is 0.255 e. The van der Waals surface area contributed by atoms with Gasteiger partial charge in [0.05, 0.1) is 5.56 Å². The Balaban J connectivity index is 1.45. The summed E-state index contributed by atoms with van der Waals surface area (Å²) in [5.41, 5.74) is 2.71. The van der Waals surface area contributed by atoms with Gasteiger partial charge in [0.15, 0.2) is 0 Å². The van der Waals surface area contributed by atoms with E-state index in [1.54, 1.807) is 23.1 Å². The maximum absolute atomic E-state index is 13.9. The van der Waals surface area contributed by atoms with E-state index in [-0.39, 0.29) is 29.1 Å². The number of hydrogen-bond donors (Lipinski definition) is 1. The van der Waals surface area contributed by atoms with Gasteiger partial charge in [-0.2, -0.15) is 0 Å². The topological polar surface area (TPSA) is 82.2 Å². The van der Waals surface area contributed by atoms with E-state index in [1.165, 1.54) is 5.56 Å². The number of carbonyl (C=O) groups is 3. The first-order valence-corrected chi connectivity index (χ1v) is 15.3. The Hall–Kier alpha value is -3.39. The molecule has 8 heteroatoms. The monoisotopic (exact) mass is 576 g/mol. The van der Waals surface area contributed by atoms with Crippen molar-refractivity contribution in [3.05, 3.63) is 65.2 Å². The minimum absolute atomic E-state index is 0.0258. The summed E-state index contributed by atoms with van der Waals surface area (Å²) in [6, 6.07) is 14.3. The van der Waals surface area contributed by atoms with E-state index in [1.807, 2.05) is 24.8 Å². The van der Waals surface area contributed by atoms with Crippen LogP contribution in [0.1, 0.15) is 75.4 Å². The summed E-state index contributed by atoms with van der Waals surface area (Å²) >= 11 is 0. The first-order chi connectivity index (χ1) is 19.9. The van der Waals surface area contributed by atoms with Crippen LogP contribution in [-0.4, -0.2) is 84.3 Å².